The van der Waals surface area contributed by atoms with Gasteiger partial charge in [-0.05, 0) is 31.7 Å². The molecular weight excluding hydrogens is 292 g/mol. The number of benzene rings is 1. The maximum atomic E-state index is 12.4. The van der Waals surface area contributed by atoms with Gasteiger partial charge in [0.05, 0.1) is 24.9 Å². The van der Waals surface area contributed by atoms with Crippen LogP contribution in [-0.4, -0.2) is 55.5 Å². The van der Waals surface area contributed by atoms with Gasteiger partial charge in [-0.25, -0.2) is 4.79 Å². The first kappa shape index (κ1) is 16.3. The normalized spacial score (nSPS) is 27.9. The minimum atomic E-state index is 0.0142. The van der Waals surface area contributed by atoms with Crippen molar-refractivity contribution in [2.75, 3.05) is 26.3 Å². The fourth-order valence-electron chi connectivity index (χ4n) is 3.22. The quantitative estimate of drug-likeness (QED) is 0.926. The van der Waals surface area contributed by atoms with Crippen LogP contribution in [-0.2, 0) is 15.9 Å². The number of nitrogens with zero attached hydrogens (tertiary/aromatic N) is 1. The molecule has 0 aromatic heterocycles. The second kappa shape index (κ2) is 7.79. The molecule has 1 aromatic rings. The average Bonchev–Trinajstić information content (AvgIpc) is 2.99. The van der Waals surface area contributed by atoms with Gasteiger partial charge in [0.15, 0.2) is 0 Å². The number of nitrogens with one attached hydrogen (secondary N) is 1. The Morgan fingerprint density at radius 2 is 2.09 bits per heavy atom. The summed E-state index contributed by atoms with van der Waals surface area (Å²) in [5, 5.41) is 3.10. The van der Waals surface area contributed by atoms with Crippen molar-refractivity contribution in [1.29, 1.82) is 0 Å². The Morgan fingerprint density at radius 1 is 1.26 bits per heavy atom. The van der Waals surface area contributed by atoms with Crippen LogP contribution in [0.2, 0.25) is 0 Å². The Kier molecular flexibility index (Phi) is 5.51. The number of morpholine rings is 1. The van der Waals surface area contributed by atoms with Crippen LogP contribution >= 0.6 is 0 Å². The maximum absolute atomic E-state index is 12.4. The number of carbonyl (C=O) groups is 1. The molecule has 2 amide bonds. The molecule has 0 saturated carbocycles. The number of rotatable bonds is 4. The third-order valence-electron chi connectivity index (χ3n) is 4.71. The van der Waals surface area contributed by atoms with E-state index < -0.39 is 0 Å². The Hall–Kier alpha value is -1.59. The number of urea groups is 1. The Balaban J connectivity index is 1.46. The first-order valence-corrected chi connectivity index (χ1v) is 8.55. The third kappa shape index (κ3) is 4.45. The van der Waals surface area contributed by atoms with Crippen LogP contribution in [0.1, 0.15) is 25.3 Å². The average molecular weight is 318 g/mol. The molecule has 2 fully saturated rings. The van der Waals surface area contributed by atoms with Crippen molar-refractivity contribution in [3.63, 3.8) is 0 Å². The highest BCUT2D eigenvalue weighted by Gasteiger charge is 2.29. The first-order valence-electron chi connectivity index (χ1n) is 8.55. The van der Waals surface area contributed by atoms with Crippen molar-refractivity contribution in [1.82, 2.24) is 10.2 Å². The number of carbonyl (C=O) groups excluding carboxylic acids is 1. The van der Waals surface area contributed by atoms with E-state index in [0.29, 0.717) is 19.7 Å². The molecule has 2 aliphatic heterocycles. The molecule has 0 aliphatic carbocycles. The second-order valence-electron chi connectivity index (χ2n) is 6.38. The molecule has 3 unspecified atom stereocenters. The summed E-state index contributed by atoms with van der Waals surface area (Å²) in [4.78, 5) is 14.3. The predicted octanol–water partition coefficient (Wildman–Crippen LogP) is 2.21. The topological polar surface area (TPSA) is 50.8 Å². The van der Waals surface area contributed by atoms with Gasteiger partial charge < -0.3 is 19.7 Å². The zero-order chi connectivity index (χ0) is 16.1. The molecule has 3 rings (SSSR count). The molecule has 2 saturated heterocycles. The lowest BCUT2D eigenvalue weighted by molar-refractivity contribution is -0.0182. The molecule has 1 aromatic carbocycles. The van der Waals surface area contributed by atoms with E-state index in [9.17, 15) is 4.79 Å². The van der Waals surface area contributed by atoms with Crippen LogP contribution in [0, 0.1) is 0 Å². The molecule has 2 aliphatic rings. The van der Waals surface area contributed by atoms with E-state index in [1.54, 1.807) is 0 Å². The SMILES string of the molecule is CC1OCCC1NC(=O)N1CCOC(CCc2ccccc2)C1. The highest BCUT2D eigenvalue weighted by molar-refractivity contribution is 5.74. The Bertz CT molecular complexity index is 508. The van der Waals surface area contributed by atoms with Gasteiger partial charge in [0.2, 0.25) is 0 Å². The molecule has 0 spiro atoms. The minimum Gasteiger partial charge on any atom is -0.376 e. The van der Waals surface area contributed by atoms with E-state index in [0.717, 1.165) is 25.9 Å². The molecule has 0 bridgehead atoms. The van der Waals surface area contributed by atoms with Crippen molar-refractivity contribution in [3.05, 3.63) is 35.9 Å². The van der Waals surface area contributed by atoms with Gasteiger partial charge in [-0.2, -0.15) is 0 Å². The summed E-state index contributed by atoms with van der Waals surface area (Å²) < 4.78 is 11.3. The van der Waals surface area contributed by atoms with Crippen LogP contribution in [0.15, 0.2) is 30.3 Å². The van der Waals surface area contributed by atoms with E-state index in [1.807, 2.05) is 17.9 Å². The molecule has 1 N–H and O–H groups in total. The molecule has 2 heterocycles. The highest BCUT2D eigenvalue weighted by atomic mass is 16.5. The summed E-state index contributed by atoms with van der Waals surface area (Å²) >= 11 is 0. The zero-order valence-corrected chi connectivity index (χ0v) is 13.7. The second-order valence-corrected chi connectivity index (χ2v) is 6.38. The van der Waals surface area contributed by atoms with Crippen LogP contribution < -0.4 is 5.32 Å². The van der Waals surface area contributed by atoms with E-state index in [4.69, 9.17) is 9.47 Å². The predicted molar refractivity (Wildman–Crippen MR) is 88.4 cm³/mol. The van der Waals surface area contributed by atoms with Gasteiger partial charge in [0, 0.05) is 19.7 Å². The summed E-state index contributed by atoms with van der Waals surface area (Å²) in [5.74, 6) is 0. The van der Waals surface area contributed by atoms with Gasteiger partial charge in [-0.15, -0.1) is 0 Å². The van der Waals surface area contributed by atoms with Crippen molar-refractivity contribution in [2.45, 2.75) is 44.4 Å². The number of hydrogen-bond acceptors (Lipinski definition) is 3. The summed E-state index contributed by atoms with van der Waals surface area (Å²) in [7, 11) is 0. The molecule has 23 heavy (non-hydrogen) atoms. The summed E-state index contributed by atoms with van der Waals surface area (Å²) in [6, 6.07) is 10.6. The first-order chi connectivity index (χ1) is 11.2. The lowest BCUT2D eigenvalue weighted by Crippen LogP contribution is -2.53. The number of aryl methyl sites for hydroxylation is 1. The van der Waals surface area contributed by atoms with Gasteiger partial charge in [-0.3, -0.25) is 0 Å². The standard InChI is InChI=1S/C18H26N2O3/c1-14-17(9-11-22-14)19-18(21)20-10-12-23-16(13-20)8-7-15-5-3-2-4-6-15/h2-6,14,16-17H,7-13H2,1H3,(H,19,21). The smallest absolute Gasteiger partial charge is 0.317 e. The zero-order valence-electron chi connectivity index (χ0n) is 13.7. The molecule has 5 nitrogen and oxygen atoms in total. The molecular formula is C18H26N2O3. The molecule has 3 atom stereocenters. The number of amides is 2. The van der Waals surface area contributed by atoms with Gasteiger partial charge in [0.25, 0.3) is 0 Å². The Morgan fingerprint density at radius 3 is 2.83 bits per heavy atom. The van der Waals surface area contributed by atoms with E-state index in [2.05, 4.69) is 29.6 Å². The van der Waals surface area contributed by atoms with Crippen molar-refractivity contribution in [3.8, 4) is 0 Å². The van der Waals surface area contributed by atoms with Crippen LogP contribution in [0.25, 0.3) is 0 Å². The van der Waals surface area contributed by atoms with E-state index >= 15 is 0 Å². The van der Waals surface area contributed by atoms with Crippen LogP contribution in [0.3, 0.4) is 0 Å². The van der Waals surface area contributed by atoms with Crippen LogP contribution in [0.4, 0.5) is 4.79 Å². The van der Waals surface area contributed by atoms with Crippen LogP contribution in [0.5, 0.6) is 0 Å². The van der Waals surface area contributed by atoms with E-state index in [-0.39, 0.29) is 24.3 Å². The van der Waals surface area contributed by atoms with Crippen molar-refractivity contribution in [2.24, 2.45) is 0 Å². The Labute approximate surface area is 137 Å². The van der Waals surface area contributed by atoms with Crippen molar-refractivity contribution >= 4 is 6.03 Å². The maximum Gasteiger partial charge on any atom is 0.317 e. The molecule has 0 radical (unpaired) electrons. The fourth-order valence-corrected chi connectivity index (χ4v) is 3.22. The summed E-state index contributed by atoms with van der Waals surface area (Å²) in [5.41, 5.74) is 1.31. The lowest BCUT2D eigenvalue weighted by Gasteiger charge is -2.34. The summed E-state index contributed by atoms with van der Waals surface area (Å²) in [6.45, 7) is 4.69. The molecule has 5 heteroatoms. The third-order valence-corrected chi connectivity index (χ3v) is 4.71. The highest BCUT2D eigenvalue weighted by Crippen LogP contribution is 2.15. The van der Waals surface area contributed by atoms with Crippen molar-refractivity contribution < 1.29 is 14.3 Å². The number of ether oxygens (including phenoxy) is 2. The van der Waals surface area contributed by atoms with Gasteiger partial charge in [-0.1, -0.05) is 30.3 Å². The van der Waals surface area contributed by atoms with E-state index in [1.165, 1.54) is 5.56 Å². The fraction of sp³-hybridized carbons (Fsp3) is 0.611. The van der Waals surface area contributed by atoms with Gasteiger partial charge in [0.1, 0.15) is 0 Å². The summed E-state index contributed by atoms with van der Waals surface area (Å²) in [6.07, 6.45) is 3.04. The number of hydrogen-bond donors (Lipinski definition) is 1. The largest absolute Gasteiger partial charge is 0.376 e. The minimum absolute atomic E-state index is 0.0142. The monoisotopic (exact) mass is 318 g/mol. The lowest BCUT2D eigenvalue weighted by atomic mass is 10.1. The van der Waals surface area contributed by atoms with Gasteiger partial charge >= 0.3 is 6.03 Å². The molecule has 126 valence electrons.